The van der Waals surface area contributed by atoms with Crippen LogP contribution in [-0.4, -0.2) is 22.7 Å². The van der Waals surface area contributed by atoms with Crippen molar-refractivity contribution in [1.29, 1.82) is 0 Å². The summed E-state index contributed by atoms with van der Waals surface area (Å²) in [7, 11) is 0. The molecule has 0 fully saturated rings. The molecular formula is C14H12CuN2O4. The van der Waals surface area contributed by atoms with Gasteiger partial charge in [0.1, 0.15) is 5.75 Å². The predicted octanol–water partition coefficient (Wildman–Crippen LogP) is 1.87. The zero-order valence-electron chi connectivity index (χ0n) is 10.7. The van der Waals surface area contributed by atoms with E-state index in [0.717, 1.165) is 6.21 Å². The molecule has 2 rings (SSSR count). The molecule has 0 saturated heterocycles. The fraction of sp³-hybridized carbons (Fsp3) is 0. The van der Waals surface area contributed by atoms with Gasteiger partial charge in [0.2, 0.25) is 0 Å². The van der Waals surface area contributed by atoms with E-state index >= 15 is 0 Å². The van der Waals surface area contributed by atoms with Crippen molar-refractivity contribution in [1.82, 2.24) is 0 Å². The molecule has 0 aliphatic carbocycles. The van der Waals surface area contributed by atoms with Crippen LogP contribution in [0.4, 0.5) is 0 Å². The van der Waals surface area contributed by atoms with Crippen molar-refractivity contribution in [2.45, 2.75) is 0 Å². The van der Waals surface area contributed by atoms with Gasteiger partial charge in [0.05, 0.1) is 6.21 Å². The molecule has 2 aromatic rings. The number of phenolic OH excluding ortho intramolecular Hbond substituents is 1. The molecule has 0 saturated carbocycles. The monoisotopic (exact) mass is 335 g/mol. The fourth-order valence-electron chi connectivity index (χ4n) is 1.30. The van der Waals surface area contributed by atoms with Gasteiger partial charge in [-0.05, 0) is 17.7 Å². The summed E-state index contributed by atoms with van der Waals surface area (Å²) in [5, 5.41) is 42.9. The standard InChI is InChI=1S/2C7H7NO2.Cu/c2*9-7-4-2-1-3-6(7)5-8-10;/h2*1-5,9-10H;/q;;+2/p-2/b2*8-5-;. The molecule has 1 radical (unpaired) electrons. The van der Waals surface area contributed by atoms with Crippen LogP contribution in [0.5, 0.6) is 11.5 Å². The topological polar surface area (TPSA) is 111 Å². The van der Waals surface area contributed by atoms with Gasteiger partial charge < -0.3 is 25.8 Å². The summed E-state index contributed by atoms with van der Waals surface area (Å²) < 4.78 is 0. The van der Waals surface area contributed by atoms with Crippen LogP contribution in [0.2, 0.25) is 0 Å². The molecule has 0 amide bonds. The van der Waals surface area contributed by atoms with Crippen molar-refractivity contribution in [3.63, 3.8) is 0 Å². The van der Waals surface area contributed by atoms with Gasteiger partial charge in [-0.25, -0.2) is 0 Å². The van der Waals surface area contributed by atoms with Crippen LogP contribution < -0.4 is 5.11 Å². The van der Waals surface area contributed by atoms with Gasteiger partial charge in [-0.2, -0.15) is 0 Å². The van der Waals surface area contributed by atoms with Crippen LogP contribution in [0, 0.1) is 5.21 Å². The Hall–Kier alpha value is -2.50. The summed E-state index contributed by atoms with van der Waals surface area (Å²) in [6.07, 6.45) is 2.18. The zero-order valence-corrected chi connectivity index (χ0v) is 11.6. The van der Waals surface area contributed by atoms with Gasteiger partial charge in [-0.3, -0.25) is 0 Å². The Morgan fingerprint density at radius 1 is 0.905 bits per heavy atom. The molecule has 113 valence electrons. The number of benzene rings is 2. The molecule has 0 spiro atoms. The number of oxime groups is 1. The minimum atomic E-state index is -0.179. The minimum absolute atomic E-state index is 0. The van der Waals surface area contributed by atoms with E-state index in [1.165, 1.54) is 18.3 Å². The molecule has 0 aliphatic rings. The van der Waals surface area contributed by atoms with Crippen molar-refractivity contribution in [2.24, 2.45) is 10.3 Å². The molecule has 0 unspecified atom stereocenters. The summed E-state index contributed by atoms with van der Waals surface area (Å²) in [6, 6.07) is 12.8. The van der Waals surface area contributed by atoms with Crippen LogP contribution in [0.25, 0.3) is 0 Å². The summed E-state index contributed by atoms with van der Waals surface area (Å²) in [5.41, 5.74) is 0.836. The maximum absolute atomic E-state index is 10.8. The third-order valence-corrected chi connectivity index (χ3v) is 2.24. The molecule has 0 aromatic heterocycles. The number of hydrogen-bond acceptors (Lipinski definition) is 6. The zero-order chi connectivity index (χ0) is 14.8. The molecule has 21 heavy (non-hydrogen) atoms. The van der Waals surface area contributed by atoms with Crippen molar-refractivity contribution in [3.05, 3.63) is 64.9 Å². The molecule has 7 heteroatoms. The van der Waals surface area contributed by atoms with Gasteiger partial charge in [-0.1, -0.05) is 41.6 Å². The van der Waals surface area contributed by atoms with Gasteiger partial charge >= 0.3 is 17.1 Å². The molecule has 0 atom stereocenters. The molecule has 2 aromatic carbocycles. The van der Waals surface area contributed by atoms with Crippen molar-refractivity contribution in [2.75, 3.05) is 0 Å². The van der Waals surface area contributed by atoms with E-state index in [-0.39, 0.29) is 28.6 Å². The Kier molecular flexibility index (Phi) is 9.08. The first-order valence-corrected chi connectivity index (χ1v) is 5.56. The van der Waals surface area contributed by atoms with Gasteiger partial charge in [0.15, 0.2) is 0 Å². The predicted molar refractivity (Wildman–Crippen MR) is 74.3 cm³/mol. The number of rotatable bonds is 2. The molecule has 6 nitrogen and oxygen atoms in total. The molecule has 0 heterocycles. The summed E-state index contributed by atoms with van der Waals surface area (Å²) >= 11 is 0. The third kappa shape index (κ3) is 6.47. The van der Waals surface area contributed by atoms with E-state index < -0.39 is 0 Å². The smallest absolute Gasteiger partial charge is 0.872 e. The van der Waals surface area contributed by atoms with Gasteiger partial charge in [-0.15, -0.1) is 5.75 Å². The largest absolute Gasteiger partial charge is 2.00 e. The number of nitrogens with zero attached hydrogens (tertiary/aromatic N) is 2. The second-order valence-corrected chi connectivity index (χ2v) is 3.58. The Balaban J connectivity index is 0.000000364. The average Bonchev–Trinajstić information content (AvgIpc) is 2.45. The van der Waals surface area contributed by atoms with Crippen LogP contribution >= 0.6 is 0 Å². The summed E-state index contributed by atoms with van der Waals surface area (Å²) in [5.74, 6) is -0.0672. The molecule has 0 aliphatic heterocycles. The second-order valence-electron chi connectivity index (χ2n) is 3.58. The first-order chi connectivity index (χ1) is 9.69. The van der Waals surface area contributed by atoms with Crippen LogP contribution in [-0.2, 0) is 17.1 Å². The summed E-state index contributed by atoms with van der Waals surface area (Å²) in [4.78, 5) is 0. The van der Waals surface area contributed by atoms with Crippen LogP contribution in [0.3, 0.4) is 0 Å². The van der Waals surface area contributed by atoms with Crippen molar-refractivity contribution < 1.29 is 32.5 Å². The van der Waals surface area contributed by atoms with Crippen molar-refractivity contribution >= 4 is 12.4 Å². The van der Waals surface area contributed by atoms with E-state index in [0.29, 0.717) is 11.1 Å². The average molecular weight is 336 g/mol. The van der Waals surface area contributed by atoms with E-state index in [1.54, 1.807) is 36.4 Å². The third-order valence-electron chi connectivity index (χ3n) is 2.24. The molecule has 0 bridgehead atoms. The first kappa shape index (κ1) is 18.5. The molecule has 2 N–H and O–H groups in total. The maximum atomic E-state index is 10.8. The van der Waals surface area contributed by atoms with E-state index in [2.05, 4.69) is 10.3 Å². The van der Waals surface area contributed by atoms with E-state index in [1.807, 2.05) is 0 Å². The minimum Gasteiger partial charge on any atom is -0.872 e. The number of hydrogen-bond donors (Lipinski definition) is 2. The van der Waals surface area contributed by atoms with Gasteiger partial charge in [0, 0.05) is 11.8 Å². The SMILES string of the molecule is O/N=C\c1ccccc1O.[Cu+2].[O-]/N=C\c1ccccc1[O-]. The van der Waals surface area contributed by atoms with Crippen LogP contribution in [0.15, 0.2) is 58.8 Å². The quantitative estimate of drug-likeness (QED) is 0.377. The Morgan fingerprint density at radius 2 is 1.48 bits per heavy atom. The van der Waals surface area contributed by atoms with E-state index in [4.69, 9.17) is 10.3 Å². The number of phenols is 1. The van der Waals surface area contributed by atoms with Gasteiger partial charge in [0.25, 0.3) is 0 Å². The first-order valence-electron chi connectivity index (χ1n) is 5.56. The Bertz CT molecular complexity index is 550. The Labute approximate surface area is 132 Å². The Morgan fingerprint density at radius 3 is 2.00 bits per heavy atom. The summed E-state index contributed by atoms with van der Waals surface area (Å²) in [6.45, 7) is 0. The maximum Gasteiger partial charge on any atom is 2.00 e. The number of para-hydroxylation sites is 2. The number of aromatic hydroxyl groups is 1. The molecular weight excluding hydrogens is 324 g/mol. The van der Waals surface area contributed by atoms with Crippen molar-refractivity contribution in [3.8, 4) is 11.5 Å². The fourth-order valence-corrected chi connectivity index (χ4v) is 1.30. The second kappa shape index (κ2) is 10.3. The normalized spacial score (nSPS) is 9.90. The van der Waals surface area contributed by atoms with Crippen LogP contribution in [0.1, 0.15) is 11.1 Å². The van der Waals surface area contributed by atoms with E-state index in [9.17, 15) is 10.3 Å².